The molecule has 0 aliphatic carbocycles. The van der Waals surface area contributed by atoms with Crippen molar-refractivity contribution >= 4 is 12.4 Å². The fourth-order valence-electron chi connectivity index (χ4n) is 1.17. The SMILES string of the molecule is CC(O)c1ccc2c(c1)OCO2.Cl. The van der Waals surface area contributed by atoms with Crippen LogP contribution in [0.3, 0.4) is 0 Å². The summed E-state index contributed by atoms with van der Waals surface area (Å²) in [4.78, 5) is 0. The molecule has 4 heteroatoms. The highest BCUT2D eigenvalue weighted by atomic mass is 35.5. The largest absolute Gasteiger partial charge is 0.454 e. The van der Waals surface area contributed by atoms with Gasteiger partial charge in [0.1, 0.15) is 0 Å². The molecule has 0 saturated heterocycles. The lowest BCUT2D eigenvalue weighted by Crippen LogP contribution is -1.93. The van der Waals surface area contributed by atoms with Gasteiger partial charge in [-0.3, -0.25) is 0 Å². The Kier molecular flexibility index (Phi) is 3.01. The van der Waals surface area contributed by atoms with Crippen LogP contribution in [0.25, 0.3) is 0 Å². The first-order valence-corrected chi connectivity index (χ1v) is 3.85. The number of rotatable bonds is 1. The van der Waals surface area contributed by atoms with Gasteiger partial charge >= 0.3 is 0 Å². The van der Waals surface area contributed by atoms with E-state index in [-0.39, 0.29) is 19.2 Å². The number of hydrogen-bond acceptors (Lipinski definition) is 3. The summed E-state index contributed by atoms with van der Waals surface area (Å²) in [5.41, 5.74) is 0.847. The molecule has 0 saturated carbocycles. The smallest absolute Gasteiger partial charge is 0.231 e. The van der Waals surface area contributed by atoms with E-state index in [9.17, 15) is 5.11 Å². The summed E-state index contributed by atoms with van der Waals surface area (Å²) in [6.07, 6.45) is -0.459. The first-order valence-electron chi connectivity index (χ1n) is 3.85. The van der Waals surface area contributed by atoms with Crippen LogP contribution in [0.2, 0.25) is 0 Å². The summed E-state index contributed by atoms with van der Waals surface area (Å²) in [5, 5.41) is 9.26. The van der Waals surface area contributed by atoms with Crippen molar-refractivity contribution in [1.82, 2.24) is 0 Å². The second-order valence-electron chi connectivity index (χ2n) is 2.79. The Morgan fingerprint density at radius 3 is 2.69 bits per heavy atom. The molecule has 0 fully saturated rings. The van der Waals surface area contributed by atoms with E-state index in [1.165, 1.54) is 0 Å². The molecule has 1 aliphatic heterocycles. The van der Waals surface area contributed by atoms with Crippen LogP contribution in [0.5, 0.6) is 11.5 Å². The molecular weight excluding hydrogens is 192 g/mol. The molecule has 1 heterocycles. The van der Waals surface area contributed by atoms with E-state index in [0.717, 1.165) is 11.3 Å². The van der Waals surface area contributed by atoms with Gasteiger partial charge in [0.25, 0.3) is 0 Å². The van der Waals surface area contributed by atoms with Crippen molar-refractivity contribution in [1.29, 1.82) is 0 Å². The minimum Gasteiger partial charge on any atom is -0.454 e. The van der Waals surface area contributed by atoms with Crippen LogP contribution in [0, 0.1) is 0 Å². The minimum absolute atomic E-state index is 0. The van der Waals surface area contributed by atoms with Crippen LogP contribution in [0.4, 0.5) is 0 Å². The Hall–Kier alpha value is -0.930. The van der Waals surface area contributed by atoms with Gasteiger partial charge < -0.3 is 14.6 Å². The predicted molar refractivity (Wildman–Crippen MR) is 50.4 cm³/mol. The van der Waals surface area contributed by atoms with Crippen molar-refractivity contribution < 1.29 is 14.6 Å². The molecule has 0 amide bonds. The van der Waals surface area contributed by atoms with E-state index in [1.54, 1.807) is 13.0 Å². The number of ether oxygens (including phenoxy) is 2. The van der Waals surface area contributed by atoms with Crippen molar-refractivity contribution in [2.45, 2.75) is 13.0 Å². The molecule has 1 aromatic carbocycles. The van der Waals surface area contributed by atoms with Gasteiger partial charge in [0, 0.05) is 0 Å². The number of aliphatic hydroxyl groups excluding tert-OH is 1. The highest BCUT2D eigenvalue weighted by Crippen LogP contribution is 2.33. The van der Waals surface area contributed by atoms with Gasteiger partial charge in [-0.2, -0.15) is 0 Å². The second kappa shape index (κ2) is 3.85. The van der Waals surface area contributed by atoms with Gasteiger partial charge in [0.05, 0.1) is 6.10 Å². The lowest BCUT2D eigenvalue weighted by Gasteiger charge is -2.04. The van der Waals surface area contributed by atoms with E-state index >= 15 is 0 Å². The summed E-state index contributed by atoms with van der Waals surface area (Å²) in [6.45, 7) is 2.00. The highest BCUT2D eigenvalue weighted by molar-refractivity contribution is 5.85. The van der Waals surface area contributed by atoms with E-state index in [1.807, 2.05) is 12.1 Å². The Morgan fingerprint density at radius 1 is 1.31 bits per heavy atom. The van der Waals surface area contributed by atoms with Crippen LogP contribution < -0.4 is 9.47 Å². The fraction of sp³-hybridized carbons (Fsp3) is 0.333. The van der Waals surface area contributed by atoms with E-state index < -0.39 is 6.10 Å². The molecule has 72 valence electrons. The average Bonchev–Trinajstić information content (AvgIpc) is 2.49. The van der Waals surface area contributed by atoms with Crippen molar-refractivity contribution in [3.8, 4) is 11.5 Å². The average molecular weight is 203 g/mol. The lowest BCUT2D eigenvalue weighted by atomic mass is 10.1. The number of benzene rings is 1. The highest BCUT2D eigenvalue weighted by Gasteiger charge is 2.14. The molecule has 1 atom stereocenters. The van der Waals surface area contributed by atoms with Gasteiger partial charge in [0.2, 0.25) is 6.79 Å². The Bertz CT molecular complexity index is 299. The summed E-state index contributed by atoms with van der Waals surface area (Å²) < 4.78 is 10.3. The second-order valence-corrected chi connectivity index (χ2v) is 2.79. The zero-order valence-electron chi connectivity index (χ0n) is 7.19. The number of aliphatic hydroxyl groups is 1. The molecule has 0 radical (unpaired) electrons. The third-order valence-corrected chi connectivity index (χ3v) is 1.88. The van der Waals surface area contributed by atoms with E-state index in [4.69, 9.17) is 9.47 Å². The summed E-state index contributed by atoms with van der Waals surface area (Å²) in [6, 6.07) is 5.44. The van der Waals surface area contributed by atoms with E-state index in [0.29, 0.717) is 5.75 Å². The fourth-order valence-corrected chi connectivity index (χ4v) is 1.17. The van der Waals surface area contributed by atoms with Crippen LogP contribution in [-0.2, 0) is 0 Å². The number of hydrogen-bond donors (Lipinski definition) is 1. The maximum Gasteiger partial charge on any atom is 0.231 e. The Morgan fingerprint density at radius 2 is 2.00 bits per heavy atom. The lowest BCUT2D eigenvalue weighted by molar-refractivity contribution is 0.173. The molecule has 0 aromatic heterocycles. The minimum atomic E-state index is -0.459. The normalized spacial score (nSPS) is 14.9. The van der Waals surface area contributed by atoms with Crippen molar-refractivity contribution in [2.75, 3.05) is 6.79 Å². The molecule has 1 unspecified atom stereocenters. The van der Waals surface area contributed by atoms with Gasteiger partial charge in [-0.25, -0.2) is 0 Å². The van der Waals surface area contributed by atoms with Gasteiger partial charge in [-0.1, -0.05) is 6.07 Å². The summed E-state index contributed by atoms with van der Waals surface area (Å²) in [7, 11) is 0. The Balaban J connectivity index is 0.000000845. The van der Waals surface area contributed by atoms with Gasteiger partial charge in [0.15, 0.2) is 11.5 Å². The molecule has 2 rings (SSSR count). The van der Waals surface area contributed by atoms with Crippen LogP contribution in [-0.4, -0.2) is 11.9 Å². The zero-order chi connectivity index (χ0) is 8.55. The monoisotopic (exact) mass is 202 g/mol. The van der Waals surface area contributed by atoms with Crippen LogP contribution >= 0.6 is 12.4 Å². The number of fused-ring (bicyclic) bond motifs is 1. The molecule has 1 N–H and O–H groups in total. The molecule has 13 heavy (non-hydrogen) atoms. The quantitative estimate of drug-likeness (QED) is 0.756. The standard InChI is InChI=1S/C9H10O3.ClH/c1-6(10)7-2-3-8-9(4-7)12-5-11-8;/h2-4,6,10H,5H2,1H3;1H. The molecule has 0 spiro atoms. The van der Waals surface area contributed by atoms with Crippen LogP contribution in [0.1, 0.15) is 18.6 Å². The van der Waals surface area contributed by atoms with Crippen LogP contribution in [0.15, 0.2) is 18.2 Å². The van der Waals surface area contributed by atoms with Crippen molar-refractivity contribution in [3.63, 3.8) is 0 Å². The van der Waals surface area contributed by atoms with Gasteiger partial charge in [-0.15, -0.1) is 12.4 Å². The van der Waals surface area contributed by atoms with Crippen molar-refractivity contribution in [2.24, 2.45) is 0 Å². The zero-order valence-corrected chi connectivity index (χ0v) is 8.00. The maximum atomic E-state index is 9.26. The third-order valence-electron chi connectivity index (χ3n) is 1.88. The molecule has 3 nitrogen and oxygen atoms in total. The summed E-state index contributed by atoms with van der Waals surface area (Å²) >= 11 is 0. The summed E-state index contributed by atoms with van der Waals surface area (Å²) in [5.74, 6) is 1.47. The molecule has 0 bridgehead atoms. The Labute approximate surface area is 82.7 Å². The topological polar surface area (TPSA) is 38.7 Å². The first kappa shape index (κ1) is 10.2. The van der Waals surface area contributed by atoms with Crippen molar-refractivity contribution in [3.05, 3.63) is 23.8 Å². The van der Waals surface area contributed by atoms with E-state index in [2.05, 4.69) is 0 Å². The first-order chi connectivity index (χ1) is 5.77. The number of halogens is 1. The molecule has 1 aliphatic rings. The molecule has 1 aromatic rings. The molecular formula is C9H11ClO3. The third kappa shape index (κ3) is 1.87. The maximum absolute atomic E-state index is 9.26. The van der Waals surface area contributed by atoms with Gasteiger partial charge in [-0.05, 0) is 24.6 Å². The predicted octanol–water partition coefficient (Wildman–Crippen LogP) is 1.89.